The molecule has 1 atom stereocenters. The lowest BCUT2D eigenvalue weighted by Crippen LogP contribution is -2.41. The number of nitriles is 1. The number of phenolic OH excluding ortho intramolecular Hbond substituents is 1. The van der Waals surface area contributed by atoms with Gasteiger partial charge in [0.05, 0.1) is 6.07 Å². The molecule has 0 spiro atoms. The van der Waals surface area contributed by atoms with Crippen LogP contribution < -0.4 is 4.74 Å². The number of imidazole rings is 1. The number of benzene rings is 1. The van der Waals surface area contributed by atoms with Crippen LogP contribution in [-0.2, 0) is 4.79 Å². The molecule has 6 nitrogen and oxygen atoms in total. The van der Waals surface area contributed by atoms with Gasteiger partial charge >= 0.3 is 0 Å². The van der Waals surface area contributed by atoms with Crippen molar-refractivity contribution in [2.45, 2.75) is 25.4 Å². The molecule has 0 bridgehead atoms. The van der Waals surface area contributed by atoms with Crippen LogP contribution >= 0.6 is 0 Å². The molecule has 2 N–H and O–H groups in total. The summed E-state index contributed by atoms with van der Waals surface area (Å²) in [7, 11) is 0. The second-order valence-electron chi connectivity index (χ2n) is 5.01. The van der Waals surface area contributed by atoms with Gasteiger partial charge in [-0.2, -0.15) is 5.26 Å². The Morgan fingerprint density at radius 2 is 2.10 bits per heavy atom. The molecule has 0 fully saturated rings. The van der Waals surface area contributed by atoms with Gasteiger partial charge in [-0.3, -0.25) is 4.79 Å². The van der Waals surface area contributed by atoms with Crippen molar-refractivity contribution in [3.05, 3.63) is 42.5 Å². The Hall–Kier alpha value is -2.81. The molecule has 0 radical (unpaired) electrons. The molecule has 0 aliphatic carbocycles. The highest BCUT2D eigenvalue weighted by Crippen LogP contribution is 2.26. The summed E-state index contributed by atoms with van der Waals surface area (Å²) in [5.41, 5.74) is -1.20. The summed E-state index contributed by atoms with van der Waals surface area (Å²) >= 11 is 0. The molecule has 0 aliphatic rings. The van der Waals surface area contributed by atoms with E-state index in [4.69, 9.17) is 4.74 Å². The quantitative estimate of drug-likeness (QED) is 0.876. The SMILES string of the molecule is CC(C)(Oc1ccc(O)cc1)C(=O)C(C#N)c1ncc[nH]1. The predicted molar refractivity (Wildman–Crippen MR) is 74.8 cm³/mol. The average Bonchev–Trinajstić information content (AvgIpc) is 2.96. The number of aromatic nitrogens is 2. The van der Waals surface area contributed by atoms with Crippen molar-refractivity contribution in [2.24, 2.45) is 0 Å². The fraction of sp³-hybridized carbons (Fsp3) is 0.267. The summed E-state index contributed by atoms with van der Waals surface area (Å²) in [6.45, 7) is 3.19. The van der Waals surface area contributed by atoms with Crippen molar-refractivity contribution < 1.29 is 14.6 Å². The van der Waals surface area contributed by atoms with E-state index in [1.807, 2.05) is 6.07 Å². The van der Waals surface area contributed by atoms with E-state index < -0.39 is 17.3 Å². The minimum atomic E-state index is -1.20. The zero-order valence-corrected chi connectivity index (χ0v) is 11.7. The maximum atomic E-state index is 12.5. The first-order valence-electron chi connectivity index (χ1n) is 6.35. The van der Waals surface area contributed by atoms with Gasteiger partial charge < -0.3 is 14.8 Å². The fourth-order valence-electron chi connectivity index (χ4n) is 1.89. The summed E-state index contributed by atoms with van der Waals surface area (Å²) in [5, 5.41) is 18.5. The van der Waals surface area contributed by atoms with Gasteiger partial charge in [0.15, 0.2) is 17.3 Å². The summed E-state index contributed by atoms with van der Waals surface area (Å²) in [4.78, 5) is 19.2. The van der Waals surface area contributed by atoms with Crippen LogP contribution in [0, 0.1) is 11.3 Å². The number of hydrogen-bond acceptors (Lipinski definition) is 5. The van der Waals surface area contributed by atoms with Gasteiger partial charge in [-0.15, -0.1) is 0 Å². The average molecular weight is 285 g/mol. The third-order valence-electron chi connectivity index (χ3n) is 2.99. The smallest absolute Gasteiger partial charge is 0.200 e. The lowest BCUT2D eigenvalue weighted by molar-refractivity contribution is -0.132. The number of hydrogen-bond donors (Lipinski definition) is 2. The molecule has 2 rings (SSSR count). The number of aromatic hydroxyl groups is 1. The van der Waals surface area contributed by atoms with E-state index in [0.717, 1.165) is 0 Å². The summed E-state index contributed by atoms with van der Waals surface area (Å²) in [5.74, 6) is -0.579. The Bertz CT molecular complexity index is 654. The van der Waals surface area contributed by atoms with Crippen LogP contribution in [0.2, 0.25) is 0 Å². The molecule has 2 aromatic rings. The van der Waals surface area contributed by atoms with Gasteiger partial charge in [0.25, 0.3) is 0 Å². The maximum Gasteiger partial charge on any atom is 0.200 e. The number of nitrogens with zero attached hydrogens (tertiary/aromatic N) is 2. The van der Waals surface area contributed by atoms with Gasteiger partial charge in [0.1, 0.15) is 17.3 Å². The van der Waals surface area contributed by atoms with Crippen molar-refractivity contribution in [1.29, 1.82) is 5.26 Å². The predicted octanol–water partition coefficient (Wildman–Crippen LogP) is 2.15. The Morgan fingerprint density at radius 3 is 2.62 bits per heavy atom. The highest BCUT2D eigenvalue weighted by molar-refractivity contribution is 5.94. The second kappa shape index (κ2) is 5.67. The fourth-order valence-corrected chi connectivity index (χ4v) is 1.89. The topological polar surface area (TPSA) is 99.0 Å². The van der Waals surface area contributed by atoms with Gasteiger partial charge in [-0.05, 0) is 38.1 Å². The molecule has 1 heterocycles. The number of ether oxygens (including phenoxy) is 1. The van der Waals surface area contributed by atoms with Gasteiger partial charge in [-0.1, -0.05) is 0 Å². The van der Waals surface area contributed by atoms with Crippen LogP contribution in [0.3, 0.4) is 0 Å². The molecule has 1 unspecified atom stereocenters. The third kappa shape index (κ3) is 3.20. The Labute approximate surface area is 122 Å². The number of carbonyl (C=O) groups is 1. The normalized spacial score (nSPS) is 12.4. The largest absolute Gasteiger partial charge is 0.508 e. The van der Waals surface area contributed by atoms with Gasteiger partial charge in [0, 0.05) is 12.4 Å². The first-order valence-corrected chi connectivity index (χ1v) is 6.35. The lowest BCUT2D eigenvalue weighted by Gasteiger charge is -2.26. The molecular weight excluding hydrogens is 270 g/mol. The van der Waals surface area contributed by atoms with E-state index >= 15 is 0 Å². The summed E-state index contributed by atoms with van der Waals surface area (Å²) in [6, 6.07) is 7.98. The summed E-state index contributed by atoms with van der Waals surface area (Å²) < 4.78 is 5.65. The first kappa shape index (κ1) is 14.6. The van der Waals surface area contributed by atoms with Crippen molar-refractivity contribution in [1.82, 2.24) is 9.97 Å². The number of ketones is 1. The molecule has 6 heteroatoms. The number of Topliss-reactive ketones (excluding diaryl/α,β-unsaturated/α-hetero) is 1. The number of H-pyrrole nitrogens is 1. The van der Waals surface area contributed by atoms with E-state index in [9.17, 15) is 15.2 Å². The Morgan fingerprint density at radius 1 is 1.43 bits per heavy atom. The first-order chi connectivity index (χ1) is 9.94. The molecular formula is C15H15N3O3. The number of phenols is 1. The van der Waals surface area contributed by atoms with Crippen LogP contribution in [0.25, 0.3) is 0 Å². The van der Waals surface area contributed by atoms with E-state index in [-0.39, 0.29) is 5.75 Å². The van der Waals surface area contributed by atoms with Crippen LogP contribution in [0.1, 0.15) is 25.6 Å². The van der Waals surface area contributed by atoms with Crippen LogP contribution in [-0.4, -0.2) is 26.5 Å². The van der Waals surface area contributed by atoms with Crippen LogP contribution in [0.5, 0.6) is 11.5 Å². The van der Waals surface area contributed by atoms with E-state index in [2.05, 4.69) is 9.97 Å². The standard InChI is InChI=1S/C15H15N3O3/c1-15(2,21-11-5-3-10(19)4-6-11)13(20)12(9-16)14-17-7-8-18-14/h3-8,12,19H,1-2H3,(H,17,18). The molecule has 1 aromatic carbocycles. The number of carbonyl (C=O) groups excluding carboxylic acids is 1. The van der Waals surface area contributed by atoms with Crippen molar-refractivity contribution in [2.75, 3.05) is 0 Å². The van der Waals surface area contributed by atoms with Gasteiger partial charge in [0.2, 0.25) is 0 Å². The lowest BCUT2D eigenvalue weighted by atomic mass is 9.91. The van der Waals surface area contributed by atoms with Crippen LogP contribution in [0.4, 0.5) is 0 Å². The second-order valence-corrected chi connectivity index (χ2v) is 5.01. The molecule has 0 amide bonds. The molecule has 0 saturated heterocycles. The molecule has 1 aromatic heterocycles. The number of nitrogens with one attached hydrogen (secondary N) is 1. The van der Waals surface area contributed by atoms with Crippen molar-refractivity contribution in [3.63, 3.8) is 0 Å². The molecule has 0 aliphatic heterocycles. The highest BCUT2D eigenvalue weighted by atomic mass is 16.5. The number of rotatable bonds is 5. The van der Waals surface area contributed by atoms with Crippen molar-refractivity contribution in [3.8, 4) is 17.6 Å². The van der Waals surface area contributed by atoms with E-state index in [0.29, 0.717) is 11.6 Å². The van der Waals surface area contributed by atoms with E-state index in [1.54, 1.807) is 32.2 Å². The number of aromatic amines is 1. The summed E-state index contributed by atoms with van der Waals surface area (Å²) in [6.07, 6.45) is 3.04. The molecule has 0 saturated carbocycles. The Balaban J connectivity index is 2.20. The van der Waals surface area contributed by atoms with E-state index in [1.165, 1.54) is 18.3 Å². The molecule has 21 heavy (non-hydrogen) atoms. The zero-order chi connectivity index (χ0) is 15.5. The highest BCUT2D eigenvalue weighted by Gasteiger charge is 2.38. The van der Waals surface area contributed by atoms with Crippen LogP contribution in [0.15, 0.2) is 36.7 Å². The monoisotopic (exact) mass is 285 g/mol. The zero-order valence-electron chi connectivity index (χ0n) is 11.7. The molecule has 108 valence electrons. The third-order valence-corrected chi connectivity index (χ3v) is 2.99. The Kier molecular flexibility index (Phi) is 3.94. The maximum absolute atomic E-state index is 12.5. The van der Waals surface area contributed by atoms with Gasteiger partial charge in [-0.25, -0.2) is 4.98 Å². The minimum absolute atomic E-state index is 0.108. The van der Waals surface area contributed by atoms with Crippen molar-refractivity contribution >= 4 is 5.78 Å². The minimum Gasteiger partial charge on any atom is -0.508 e.